The summed E-state index contributed by atoms with van der Waals surface area (Å²) < 4.78 is 20.8. The molecule has 0 unspecified atom stereocenters. The van der Waals surface area contributed by atoms with Gasteiger partial charge in [0.05, 0.1) is 18.4 Å². The number of esters is 1. The van der Waals surface area contributed by atoms with Gasteiger partial charge in [0.1, 0.15) is 11.5 Å². The van der Waals surface area contributed by atoms with Gasteiger partial charge >= 0.3 is 5.97 Å². The Balaban J connectivity index is 1.41. The molecule has 1 aliphatic heterocycles. The van der Waals surface area contributed by atoms with Gasteiger partial charge in [0.25, 0.3) is 11.8 Å². The van der Waals surface area contributed by atoms with Crippen LogP contribution in [0.2, 0.25) is 0 Å². The quantitative estimate of drug-likeness (QED) is 0.671. The smallest absolute Gasteiger partial charge is 0.338 e. The number of aromatic nitrogens is 2. The predicted molar refractivity (Wildman–Crippen MR) is 96.0 cm³/mol. The third-order valence-corrected chi connectivity index (χ3v) is 3.97. The maximum Gasteiger partial charge on any atom is 0.338 e. The van der Waals surface area contributed by atoms with Crippen LogP contribution in [0.3, 0.4) is 0 Å². The maximum absolute atomic E-state index is 12.3. The van der Waals surface area contributed by atoms with Gasteiger partial charge in [-0.25, -0.2) is 4.79 Å². The van der Waals surface area contributed by atoms with Crippen molar-refractivity contribution in [3.05, 3.63) is 53.9 Å². The first kappa shape index (κ1) is 17.5. The average Bonchev–Trinajstić information content (AvgIpc) is 3.20. The van der Waals surface area contributed by atoms with Gasteiger partial charge in [-0.15, -0.1) is 0 Å². The molecule has 0 aliphatic carbocycles. The molecule has 0 radical (unpaired) electrons. The molecule has 9 nitrogen and oxygen atoms in total. The van der Waals surface area contributed by atoms with Crippen LogP contribution in [0, 0.1) is 0 Å². The molecule has 0 bridgehead atoms. The number of methoxy groups -OCH3 is 1. The van der Waals surface area contributed by atoms with E-state index in [1.807, 2.05) is 12.1 Å². The molecule has 4 rings (SSSR count). The van der Waals surface area contributed by atoms with E-state index in [1.54, 1.807) is 25.3 Å². The average molecular weight is 381 g/mol. The molecular formula is C19H15N3O6. The molecule has 2 heterocycles. The first-order valence-electron chi connectivity index (χ1n) is 8.33. The molecule has 0 saturated carbocycles. The normalized spacial score (nSPS) is 12.5. The highest BCUT2D eigenvalue weighted by atomic mass is 16.6. The number of carbonyl (C=O) groups is 2. The number of hydrogen-bond acceptors (Lipinski definition) is 8. The van der Waals surface area contributed by atoms with Crippen LogP contribution < -0.4 is 14.8 Å². The SMILES string of the molecule is COc1cccc(-c2noc(COC(=O)c3ccc4c(c3)OCC(=O)N4)n2)c1. The third kappa shape index (κ3) is 3.63. The predicted octanol–water partition coefficient (Wildman–Crippen LogP) is 2.43. The van der Waals surface area contributed by atoms with E-state index < -0.39 is 5.97 Å². The lowest BCUT2D eigenvalue weighted by atomic mass is 10.1. The topological polar surface area (TPSA) is 113 Å². The molecule has 0 spiro atoms. The molecule has 1 aliphatic rings. The molecule has 1 N–H and O–H groups in total. The van der Waals surface area contributed by atoms with E-state index in [-0.39, 0.29) is 30.6 Å². The molecule has 1 amide bonds. The van der Waals surface area contributed by atoms with Gasteiger partial charge in [-0.1, -0.05) is 17.3 Å². The fraction of sp³-hybridized carbons (Fsp3) is 0.158. The minimum Gasteiger partial charge on any atom is -0.497 e. The Morgan fingerprint density at radius 2 is 2.14 bits per heavy atom. The highest BCUT2D eigenvalue weighted by molar-refractivity contribution is 5.97. The Labute approximate surface area is 159 Å². The molecule has 0 fully saturated rings. The minimum absolute atomic E-state index is 0.0967. The lowest BCUT2D eigenvalue weighted by Gasteiger charge is -2.18. The summed E-state index contributed by atoms with van der Waals surface area (Å²) in [6.07, 6.45) is 0. The number of benzene rings is 2. The Kier molecular flexibility index (Phi) is 4.63. The van der Waals surface area contributed by atoms with Crippen molar-refractivity contribution in [2.24, 2.45) is 0 Å². The molecule has 142 valence electrons. The van der Waals surface area contributed by atoms with Crippen molar-refractivity contribution in [1.29, 1.82) is 0 Å². The number of fused-ring (bicyclic) bond motifs is 1. The number of ether oxygens (including phenoxy) is 3. The summed E-state index contributed by atoms with van der Waals surface area (Å²) >= 11 is 0. The van der Waals surface area contributed by atoms with Crippen molar-refractivity contribution >= 4 is 17.6 Å². The second kappa shape index (κ2) is 7.39. The van der Waals surface area contributed by atoms with Crippen LogP contribution in [0.25, 0.3) is 11.4 Å². The van der Waals surface area contributed by atoms with Crippen molar-refractivity contribution in [2.75, 3.05) is 19.0 Å². The summed E-state index contributed by atoms with van der Waals surface area (Å²) in [6.45, 7) is -0.273. The standard InChI is InChI=1S/C19H15N3O6/c1-25-13-4-2-3-11(7-13)18-21-17(28-22-18)10-27-19(24)12-5-6-14-15(8-12)26-9-16(23)20-14/h2-8H,9-10H2,1H3,(H,20,23). The second-order valence-electron chi connectivity index (χ2n) is 5.87. The summed E-state index contributed by atoms with van der Waals surface area (Å²) in [4.78, 5) is 27.8. The van der Waals surface area contributed by atoms with Gasteiger partial charge in [-0.05, 0) is 30.3 Å². The van der Waals surface area contributed by atoms with Crippen LogP contribution in [0.15, 0.2) is 47.0 Å². The number of carbonyl (C=O) groups excluding carboxylic acids is 2. The molecule has 28 heavy (non-hydrogen) atoms. The molecule has 3 aromatic rings. The Morgan fingerprint density at radius 1 is 1.25 bits per heavy atom. The number of hydrogen-bond donors (Lipinski definition) is 1. The highest BCUT2D eigenvalue weighted by Gasteiger charge is 2.19. The number of nitrogens with zero attached hydrogens (tertiary/aromatic N) is 2. The van der Waals surface area contributed by atoms with Crippen LogP contribution in [0.5, 0.6) is 11.5 Å². The van der Waals surface area contributed by atoms with E-state index in [0.29, 0.717) is 23.0 Å². The van der Waals surface area contributed by atoms with Crippen molar-refractivity contribution in [1.82, 2.24) is 10.1 Å². The fourth-order valence-electron chi connectivity index (χ4n) is 2.61. The maximum atomic E-state index is 12.3. The molecule has 2 aromatic carbocycles. The van der Waals surface area contributed by atoms with Gasteiger partial charge in [0, 0.05) is 5.56 Å². The third-order valence-electron chi connectivity index (χ3n) is 3.97. The first-order chi connectivity index (χ1) is 13.6. The van der Waals surface area contributed by atoms with Gasteiger partial charge in [0.2, 0.25) is 5.82 Å². The zero-order valence-electron chi connectivity index (χ0n) is 14.8. The number of anilines is 1. The van der Waals surface area contributed by atoms with Crippen molar-refractivity contribution in [3.8, 4) is 22.9 Å². The van der Waals surface area contributed by atoms with E-state index in [2.05, 4.69) is 15.5 Å². The van der Waals surface area contributed by atoms with Gasteiger partial charge in [-0.2, -0.15) is 4.98 Å². The van der Waals surface area contributed by atoms with Crippen LogP contribution in [-0.2, 0) is 16.1 Å². The number of amides is 1. The van der Waals surface area contributed by atoms with Gasteiger partial charge in [0.15, 0.2) is 13.2 Å². The Bertz CT molecular complexity index is 1050. The van der Waals surface area contributed by atoms with Crippen LogP contribution in [0.1, 0.15) is 16.2 Å². The molecule has 1 aromatic heterocycles. The van der Waals surface area contributed by atoms with E-state index in [1.165, 1.54) is 12.1 Å². The first-order valence-corrected chi connectivity index (χ1v) is 8.33. The lowest BCUT2D eigenvalue weighted by Crippen LogP contribution is -2.25. The lowest BCUT2D eigenvalue weighted by molar-refractivity contribution is -0.118. The van der Waals surface area contributed by atoms with Gasteiger partial charge < -0.3 is 24.1 Å². The van der Waals surface area contributed by atoms with Gasteiger partial charge in [-0.3, -0.25) is 4.79 Å². The van der Waals surface area contributed by atoms with Crippen molar-refractivity contribution < 1.29 is 28.3 Å². The molecular weight excluding hydrogens is 366 g/mol. The highest BCUT2D eigenvalue weighted by Crippen LogP contribution is 2.29. The summed E-state index contributed by atoms with van der Waals surface area (Å²) in [5.41, 5.74) is 1.50. The molecule has 0 saturated heterocycles. The second-order valence-corrected chi connectivity index (χ2v) is 5.87. The van der Waals surface area contributed by atoms with E-state index in [0.717, 1.165) is 5.56 Å². The van der Waals surface area contributed by atoms with Crippen LogP contribution in [-0.4, -0.2) is 35.7 Å². The zero-order chi connectivity index (χ0) is 19.5. The van der Waals surface area contributed by atoms with E-state index >= 15 is 0 Å². The summed E-state index contributed by atoms with van der Waals surface area (Å²) in [5.74, 6) is 0.777. The van der Waals surface area contributed by atoms with Crippen LogP contribution >= 0.6 is 0 Å². The monoisotopic (exact) mass is 381 g/mol. The van der Waals surface area contributed by atoms with E-state index in [9.17, 15) is 9.59 Å². The zero-order valence-corrected chi connectivity index (χ0v) is 14.8. The Hall–Kier alpha value is -3.88. The molecule has 0 atom stereocenters. The van der Waals surface area contributed by atoms with Crippen molar-refractivity contribution in [2.45, 2.75) is 6.61 Å². The largest absolute Gasteiger partial charge is 0.497 e. The Morgan fingerprint density at radius 3 is 3.00 bits per heavy atom. The molecule has 9 heteroatoms. The van der Waals surface area contributed by atoms with E-state index in [4.69, 9.17) is 18.7 Å². The van der Waals surface area contributed by atoms with Crippen LogP contribution in [0.4, 0.5) is 5.69 Å². The summed E-state index contributed by atoms with van der Waals surface area (Å²) in [5, 5.41) is 6.54. The number of rotatable bonds is 5. The summed E-state index contributed by atoms with van der Waals surface area (Å²) in [7, 11) is 1.57. The summed E-state index contributed by atoms with van der Waals surface area (Å²) in [6, 6.07) is 11.8. The fourth-order valence-corrected chi connectivity index (χ4v) is 2.61. The minimum atomic E-state index is -0.579. The van der Waals surface area contributed by atoms with Crippen molar-refractivity contribution in [3.63, 3.8) is 0 Å². The number of nitrogens with one attached hydrogen (secondary N) is 1.